The predicted molar refractivity (Wildman–Crippen MR) is 69.5 cm³/mol. The SMILES string of the molecule is CNC(=O)CCNCc1ccc(Cl)c(Br)c1. The summed E-state index contributed by atoms with van der Waals surface area (Å²) in [4.78, 5) is 10.9. The first kappa shape index (κ1) is 13.5. The van der Waals surface area contributed by atoms with Crippen LogP contribution >= 0.6 is 27.5 Å². The lowest BCUT2D eigenvalue weighted by molar-refractivity contribution is -0.120. The monoisotopic (exact) mass is 304 g/mol. The fourth-order valence-corrected chi connectivity index (χ4v) is 1.75. The summed E-state index contributed by atoms with van der Waals surface area (Å²) in [6.45, 7) is 1.40. The van der Waals surface area contributed by atoms with Crippen LogP contribution in [0, 0.1) is 0 Å². The molecule has 0 heterocycles. The van der Waals surface area contributed by atoms with Gasteiger partial charge in [0.25, 0.3) is 0 Å². The maximum absolute atomic E-state index is 10.9. The molecule has 88 valence electrons. The quantitative estimate of drug-likeness (QED) is 0.820. The van der Waals surface area contributed by atoms with E-state index in [1.165, 1.54) is 0 Å². The third-order valence-electron chi connectivity index (χ3n) is 2.12. The van der Waals surface area contributed by atoms with E-state index in [1.807, 2.05) is 18.2 Å². The van der Waals surface area contributed by atoms with Gasteiger partial charge in [0.05, 0.1) is 5.02 Å². The molecule has 1 amide bonds. The van der Waals surface area contributed by atoms with Crippen LogP contribution in [0.25, 0.3) is 0 Å². The summed E-state index contributed by atoms with van der Waals surface area (Å²) in [5.74, 6) is 0.0461. The molecule has 1 aromatic rings. The fourth-order valence-electron chi connectivity index (χ4n) is 1.21. The second-order valence-electron chi connectivity index (χ2n) is 3.35. The molecule has 0 aliphatic heterocycles. The topological polar surface area (TPSA) is 41.1 Å². The van der Waals surface area contributed by atoms with Crippen LogP contribution in [0.2, 0.25) is 5.02 Å². The lowest BCUT2D eigenvalue weighted by Gasteiger charge is -2.05. The van der Waals surface area contributed by atoms with Crippen molar-refractivity contribution in [2.24, 2.45) is 0 Å². The first-order chi connectivity index (χ1) is 7.63. The van der Waals surface area contributed by atoms with E-state index in [-0.39, 0.29) is 5.91 Å². The lowest BCUT2D eigenvalue weighted by atomic mass is 10.2. The van der Waals surface area contributed by atoms with Gasteiger partial charge in [-0.1, -0.05) is 17.7 Å². The van der Waals surface area contributed by atoms with Crippen molar-refractivity contribution in [3.8, 4) is 0 Å². The number of rotatable bonds is 5. The Morgan fingerprint density at radius 1 is 1.50 bits per heavy atom. The summed E-state index contributed by atoms with van der Waals surface area (Å²) in [5.41, 5.74) is 1.13. The Balaban J connectivity index is 2.32. The molecule has 0 bridgehead atoms. The van der Waals surface area contributed by atoms with Crippen LogP contribution in [0.4, 0.5) is 0 Å². The smallest absolute Gasteiger partial charge is 0.221 e. The third kappa shape index (κ3) is 4.51. The second-order valence-corrected chi connectivity index (χ2v) is 4.61. The molecular formula is C11H14BrClN2O. The largest absolute Gasteiger partial charge is 0.359 e. The normalized spacial score (nSPS) is 10.2. The van der Waals surface area contributed by atoms with E-state index < -0.39 is 0 Å². The summed E-state index contributed by atoms with van der Waals surface area (Å²) in [6.07, 6.45) is 0.491. The van der Waals surface area contributed by atoms with E-state index in [9.17, 15) is 4.79 Å². The molecule has 0 saturated heterocycles. The molecule has 0 radical (unpaired) electrons. The molecule has 0 atom stereocenters. The number of hydrogen-bond acceptors (Lipinski definition) is 2. The highest BCUT2D eigenvalue weighted by Gasteiger charge is 2.00. The van der Waals surface area contributed by atoms with Gasteiger partial charge in [-0.15, -0.1) is 0 Å². The minimum absolute atomic E-state index is 0.0461. The van der Waals surface area contributed by atoms with Crippen LogP contribution in [-0.4, -0.2) is 19.5 Å². The van der Waals surface area contributed by atoms with Gasteiger partial charge >= 0.3 is 0 Å². The number of halogens is 2. The first-order valence-corrected chi connectivity index (χ1v) is 6.16. The van der Waals surface area contributed by atoms with Crippen molar-refractivity contribution in [1.29, 1.82) is 0 Å². The van der Waals surface area contributed by atoms with Gasteiger partial charge in [-0.25, -0.2) is 0 Å². The molecule has 16 heavy (non-hydrogen) atoms. The summed E-state index contributed by atoms with van der Waals surface area (Å²) >= 11 is 9.25. The highest BCUT2D eigenvalue weighted by Crippen LogP contribution is 2.22. The summed E-state index contributed by atoms with van der Waals surface area (Å²) in [7, 11) is 1.64. The zero-order chi connectivity index (χ0) is 12.0. The Hall–Kier alpha value is -0.580. The van der Waals surface area contributed by atoms with E-state index in [2.05, 4.69) is 26.6 Å². The van der Waals surface area contributed by atoms with E-state index >= 15 is 0 Å². The highest BCUT2D eigenvalue weighted by molar-refractivity contribution is 9.10. The molecule has 0 aliphatic rings. The Morgan fingerprint density at radius 3 is 2.88 bits per heavy atom. The van der Waals surface area contributed by atoms with Gasteiger partial charge in [0.2, 0.25) is 5.91 Å². The second kappa shape index (κ2) is 6.89. The molecule has 5 heteroatoms. The first-order valence-electron chi connectivity index (χ1n) is 4.98. The van der Waals surface area contributed by atoms with Gasteiger partial charge in [0, 0.05) is 31.0 Å². The zero-order valence-corrected chi connectivity index (χ0v) is 11.4. The summed E-state index contributed by atoms with van der Waals surface area (Å²) in [5, 5.41) is 6.47. The molecule has 2 N–H and O–H groups in total. The van der Waals surface area contributed by atoms with Gasteiger partial charge in [-0.3, -0.25) is 4.79 Å². The van der Waals surface area contributed by atoms with Crippen molar-refractivity contribution in [3.05, 3.63) is 33.3 Å². The Kier molecular flexibility index (Phi) is 5.80. The van der Waals surface area contributed by atoms with Crippen molar-refractivity contribution < 1.29 is 4.79 Å². The molecule has 0 fully saturated rings. The minimum atomic E-state index is 0.0461. The lowest BCUT2D eigenvalue weighted by Crippen LogP contribution is -2.24. The molecule has 1 aromatic carbocycles. The van der Waals surface area contributed by atoms with E-state index in [0.717, 1.165) is 16.6 Å². The molecule has 0 aromatic heterocycles. The molecule has 0 aliphatic carbocycles. The standard InChI is InChI=1S/C11H14BrClN2O/c1-14-11(16)4-5-15-7-8-2-3-10(13)9(12)6-8/h2-3,6,15H,4-5,7H2,1H3,(H,14,16). The number of benzene rings is 1. The van der Waals surface area contributed by atoms with Crippen LogP contribution in [-0.2, 0) is 11.3 Å². The van der Waals surface area contributed by atoms with Crippen molar-refractivity contribution >= 4 is 33.4 Å². The molecule has 0 unspecified atom stereocenters. The van der Waals surface area contributed by atoms with Crippen LogP contribution < -0.4 is 10.6 Å². The van der Waals surface area contributed by atoms with Crippen molar-refractivity contribution in [2.75, 3.05) is 13.6 Å². The number of carbonyl (C=O) groups excluding carboxylic acids is 1. The minimum Gasteiger partial charge on any atom is -0.359 e. The maximum atomic E-state index is 10.9. The van der Waals surface area contributed by atoms with Crippen molar-refractivity contribution in [1.82, 2.24) is 10.6 Å². The Morgan fingerprint density at radius 2 is 2.25 bits per heavy atom. The third-order valence-corrected chi connectivity index (χ3v) is 3.33. The van der Waals surface area contributed by atoms with Gasteiger partial charge in [0.15, 0.2) is 0 Å². The fraction of sp³-hybridized carbons (Fsp3) is 0.364. The average Bonchev–Trinajstić information content (AvgIpc) is 2.28. The molecule has 0 saturated carbocycles. The number of hydrogen-bond donors (Lipinski definition) is 2. The molecule has 0 spiro atoms. The Labute approximate surface area is 109 Å². The number of amides is 1. The predicted octanol–water partition coefficient (Wildman–Crippen LogP) is 2.33. The number of nitrogens with one attached hydrogen (secondary N) is 2. The van der Waals surface area contributed by atoms with Crippen LogP contribution in [0.15, 0.2) is 22.7 Å². The van der Waals surface area contributed by atoms with E-state index in [1.54, 1.807) is 7.05 Å². The van der Waals surface area contributed by atoms with Crippen molar-refractivity contribution in [3.63, 3.8) is 0 Å². The van der Waals surface area contributed by atoms with Crippen LogP contribution in [0.5, 0.6) is 0 Å². The van der Waals surface area contributed by atoms with Crippen LogP contribution in [0.3, 0.4) is 0 Å². The molecule has 1 rings (SSSR count). The summed E-state index contributed by atoms with van der Waals surface area (Å²) in [6, 6.07) is 5.77. The van der Waals surface area contributed by atoms with E-state index in [0.29, 0.717) is 18.0 Å². The van der Waals surface area contributed by atoms with Crippen LogP contribution in [0.1, 0.15) is 12.0 Å². The maximum Gasteiger partial charge on any atom is 0.221 e. The van der Waals surface area contributed by atoms with Gasteiger partial charge in [-0.05, 0) is 33.6 Å². The molecular weight excluding hydrogens is 291 g/mol. The average molecular weight is 306 g/mol. The highest BCUT2D eigenvalue weighted by atomic mass is 79.9. The van der Waals surface area contributed by atoms with Crippen molar-refractivity contribution in [2.45, 2.75) is 13.0 Å². The van der Waals surface area contributed by atoms with Gasteiger partial charge in [-0.2, -0.15) is 0 Å². The van der Waals surface area contributed by atoms with E-state index in [4.69, 9.17) is 11.6 Å². The molecule has 3 nitrogen and oxygen atoms in total. The number of carbonyl (C=O) groups is 1. The van der Waals surface area contributed by atoms with Gasteiger partial charge in [0.1, 0.15) is 0 Å². The Bertz CT molecular complexity index is 371. The zero-order valence-electron chi connectivity index (χ0n) is 9.02. The summed E-state index contributed by atoms with van der Waals surface area (Å²) < 4.78 is 0.889. The van der Waals surface area contributed by atoms with Gasteiger partial charge < -0.3 is 10.6 Å².